The third-order valence-electron chi connectivity index (χ3n) is 3.13. The van der Waals surface area contributed by atoms with Crippen LogP contribution >= 0.6 is 12.4 Å². The molecule has 0 aromatic carbocycles. The van der Waals surface area contributed by atoms with Crippen molar-refractivity contribution in [1.29, 1.82) is 0 Å². The van der Waals surface area contributed by atoms with Gasteiger partial charge in [0.05, 0.1) is 6.04 Å². The highest BCUT2D eigenvalue weighted by Gasteiger charge is 2.34. The predicted octanol–water partition coefficient (Wildman–Crippen LogP) is 2.57. The van der Waals surface area contributed by atoms with Crippen LogP contribution < -0.4 is 5.73 Å². The molecule has 0 aromatic rings. The van der Waals surface area contributed by atoms with Crippen molar-refractivity contribution in [3.8, 4) is 0 Å². The normalized spacial score (nSPS) is 16.5. The van der Waals surface area contributed by atoms with E-state index in [4.69, 9.17) is 5.73 Å². The molecule has 1 aliphatic carbocycles. The summed E-state index contributed by atoms with van der Waals surface area (Å²) in [6, 6.07) is 0.215. The van der Waals surface area contributed by atoms with Gasteiger partial charge in [-0.2, -0.15) is 0 Å². The molecule has 0 heterocycles. The van der Waals surface area contributed by atoms with E-state index in [1.165, 1.54) is 12.8 Å². The second kappa shape index (κ2) is 7.93. The first-order valence-electron chi connectivity index (χ1n) is 6.62. The van der Waals surface area contributed by atoms with Crippen LogP contribution in [0.4, 0.5) is 0 Å². The Labute approximate surface area is 112 Å². The molecule has 4 heteroatoms. The molecule has 0 bridgehead atoms. The highest BCUT2D eigenvalue weighted by atomic mass is 35.5. The van der Waals surface area contributed by atoms with E-state index in [0.29, 0.717) is 12.0 Å². The van der Waals surface area contributed by atoms with Crippen molar-refractivity contribution in [2.45, 2.75) is 65.0 Å². The Morgan fingerprint density at radius 3 is 2.35 bits per heavy atom. The Kier molecular flexibility index (Phi) is 7.80. The number of rotatable bonds is 7. The van der Waals surface area contributed by atoms with Gasteiger partial charge in [-0.25, -0.2) is 0 Å². The number of nitrogens with zero attached hydrogens (tertiary/aromatic N) is 1. The van der Waals surface area contributed by atoms with Crippen molar-refractivity contribution in [3.05, 3.63) is 0 Å². The van der Waals surface area contributed by atoms with Crippen molar-refractivity contribution in [3.63, 3.8) is 0 Å². The minimum absolute atomic E-state index is 0. The summed E-state index contributed by atoms with van der Waals surface area (Å²) in [6.07, 6.45) is 5.21. The topological polar surface area (TPSA) is 46.3 Å². The van der Waals surface area contributed by atoms with Gasteiger partial charge in [0.2, 0.25) is 5.91 Å². The minimum Gasteiger partial charge on any atom is -0.338 e. The molecule has 0 radical (unpaired) electrons. The first kappa shape index (κ1) is 16.7. The van der Waals surface area contributed by atoms with E-state index in [2.05, 4.69) is 20.8 Å². The van der Waals surface area contributed by atoms with E-state index in [-0.39, 0.29) is 24.4 Å². The fourth-order valence-electron chi connectivity index (χ4n) is 1.90. The molecule has 1 rings (SSSR count). The maximum Gasteiger partial charge on any atom is 0.239 e. The molecule has 0 aliphatic heterocycles. The van der Waals surface area contributed by atoms with Crippen molar-refractivity contribution in [2.75, 3.05) is 6.54 Å². The lowest BCUT2D eigenvalue weighted by Crippen LogP contribution is -2.45. The third kappa shape index (κ3) is 5.73. The molecule has 1 fully saturated rings. The van der Waals surface area contributed by atoms with Gasteiger partial charge in [-0.3, -0.25) is 4.79 Å². The molecule has 2 N–H and O–H groups in total. The van der Waals surface area contributed by atoms with Crippen molar-refractivity contribution < 1.29 is 4.79 Å². The molecule has 1 amide bonds. The van der Waals surface area contributed by atoms with Gasteiger partial charge in [0.25, 0.3) is 0 Å². The van der Waals surface area contributed by atoms with Gasteiger partial charge in [-0.1, -0.05) is 27.2 Å². The molecule has 1 unspecified atom stereocenters. The number of nitrogens with two attached hydrogens (primary N) is 1. The van der Waals surface area contributed by atoms with E-state index >= 15 is 0 Å². The summed E-state index contributed by atoms with van der Waals surface area (Å²) in [4.78, 5) is 14.2. The van der Waals surface area contributed by atoms with Gasteiger partial charge < -0.3 is 10.6 Å². The second-order valence-electron chi connectivity index (χ2n) is 5.34. The maximum absolute atomic E-state index is 12.1. The van der Waals surface area contributed by atoms with Gasteiger partial charge in [-0.15, -0.1) is 12.4 Å². The van der Waals surface area contributed by atoms with Crippen LogP contribution in [-0.4, -0.2) is 29.4 Å². The first-order valence-corrected chi connectivity index (χ1v) is 6.62. The van der Waals surface area contributed by atoms with E-state index in [1.54, 1.807) is 0 Å². The summed E-state index contributed by atoms with van der Waals surface area (Å²) < 4.78 is 0. The number of hydrogen-bond acceptors (Lipinski definition) is 2. The minimum atomic E-state index is -0.280. The zero-order valence-corrected chi connectivity index (χ0v) is 12.1. The second-order valence-corrected chi connectivity index (χ2v) is 5.34. The molecular weight excluding hydrogens is 236 g/mol. The molecule has 17 heavy (non-hydrogen) atoms. The van der Waals surface area contributed by atoms with Crippen LogP contribution in [0.2, 0.25) is 0 Å². The number of amides is 1. The zero-order chi connectivity index (χ0) is 12.1. The van der Waals surface area contributed by atoms with Crippen LogP contribution in [0, 0.1) is 5.92 Å². The van der Waals surface area contributed by atoms with Crippen LogP contribution in [0.5, 0.6) is 0 Å². The number of carbonyl (C=O) groups is 1. The Balaban J connectivity index is 0.00000256. The molecule has 0 saturated heterocycles. The van der Waals surface area contributed by atoms with Gasteiger partial charge >= 0.3 is 0 Å². The van der Waals surface area contributed by atoms with Crippen molar-refractivity contribution >= 4 is 18.3 Å². The molecular formula is C13H27ClN2O. The number of hydrogen-bond donors (Lipinski definition) is 1. The molecule has 1 atom stereocenters. The largest absolute Gasteiger partial charge is 0.338 e. The lowest BCUT2D eigenvalue weighted by atomic mass is 10.1. The Hall–Kier alpha value is -0.280. The monoisotopic (exact) mass is 262 g/mol. The fourth-order valence-corrected chi connectivity index (χ4v) is 1.90. The quantitative estimate of drug-likeness (QED) is 0.767. The van der Waals surface area contributed by atoms with E-state index in [9.17, 15) is 4.79 Å². The first-order chi connectivity index (χ1) is 7.56. The molecule has 1 saturated carbocycles. The lowest BCUT2D eigenvalue weighted by Gasteiger charge is -2.26. The van der Waals surface area contributed by atoms with E-state index in [0.717, 1.165) is 25.8 Å². The summed E-state index contributed by atoms with van der Waals surface area (Å²) in [5.74, 6) is 0.821. The maximum atomic E-state index is 12.1. The Bertz CT molecular complexity index is 229. The lowest BCUT2D eigenvalue weighted by molar-refractivity contribution is -0.133. The van der Waals surface area contributed by atoms with Crippen LogP contribution in [-0.2, 0) is 4.79 Å². The SMILES string of the molecule is CCCC(N)C(=O)N(CCC(C)C)C1CC1.Cl. The average molecular weight is 263 g/mol. The summed E-state index contributed by atoms with van der Waals surface area (Å²) in [6.45, 7) is 7.35. The summed E-state index contributed by atoms with van der Waals surface area (Å²) in [5.41, 5.74) is 5.91. The van der Waals surface area contributed by atoms with Gasteiger partial charge in [0.15, 0.2) is 0 Å². The Morgan fingerprint density at radius 1 is 1.35 bits per heavy atom. The number of halogens is 1. The smallest absolute Gasteiger partial charge is 0.239 e. The number of carbonyl (C=O) groups excluding carboxylic acids is 1. The van der Waals surface area contributed by atoms with Gasteiger partial charge in [-0.05, 0) is 31.6 Å². The van der Waals surface area contributed by atoms with Gasteiger partial charge in [0, 0.05) is 12.6 Å². The molecule has 0 spiro atoms. The predicted molar refractivity (Wildman–Crippen MR) is 74.3 cm³/mol. The molecule has 0 aromatic heterocycles. The van der Waals surface area contributed by atoms with Crippen LogP contribution in [0.3, 0.4) is 0 Å². The van der Waals surface area contributed by atoms with E-state index in [1.807, 2.05) is 4.90 Å². The Morgan fingerprint density at radius 2 is 1.94 bits per heavy atom. The highest BCUT2D eigenvalue weighted by Crippen LogP contribution is 2.28. The van der Waals surface area contributed by atoms with Crippen molar-refractivity contribution in [1.82, 2.24) is 4.90 Å². The van der Waals surface area contributed by atoms with Gasteiger partial charge in [0.1, 0.15) is 0 Å². The molecule has 3 nitrogen and oxygen atoms in total. The summed E-state index contributed by atoms with van der Waals surface area (Å²) >= 11 is 0. The molecule has 1 aliphatic rings. The summed E-state index contributed by atoms with van der Waals surface area (Å²) in [7, 11) is 0. The van der Waals surface area contributed by atoms with Crippen LogP contribution in [0.1, 0.15) is 52.9 Å². The van der Waals surface area contributed by atoms with Crippen LogP contribution in [0.15, 0.2) is 0 Å². The summed E-state index contributed by atoms with van der Waals surface area (Å²) in [5, 5.41) is 0. The van der Waals surface area contributed by atoms with E-state index < -0.39 is 0 Å². The highest BCUT2D eigenvalue weighted by molar-refractivity contribution is 5.85. The average Bonchev–Trinajstić information content (AvgIpc) is 3.01. The molecule has 102 valence electrons. The zero-order valence-electron chi connectivity index (χ0n) is 11.3. The third-order valence-corrected chi connectivity index (χ3v) is 3.13. The van der Waals surface area contributed by atoms with Crippen molar-refractivity contribution in [2.24, 2.45) is 11.7 Å². The fraction of sp³-hybridized carbons (Fsp3) is 0.923. The van der Waals surface area contributed by atoms with Crippen LogP contribution in [0.25, 0.3) is 0 Å². The standard InChI is InChI=1S/C13H26N2O.ClH/c1-4-5-12(14)13(16)15(11-6-7-11)9-8-10(2)3;/h10-12H,4-9,14H2,1-3H3;1H.